The van der Waals surface area contributed by atoms with Crippen molar-refractivity contribution >= 4 is 40.6 Å². The quantitative estimate of drug-likeness (QED) is 0.320. The van der Waals surface area contributed by atoms with E-state index in [0.717, 1.165) is 12.5 Å². The zero-order valence-corrected chi connectivity index (χ0v) is 13.1. The molecule has 1 unspecified atom stereocenters. The zero-order chi connectivity index (χ0) is 14.9. The van der Waals surface area contributed by atoms with E-state index in [2.05, 4.69) is 19.9 Å². The summed E-state index contributed by atoms with van der Waals surface area (Å²) >= 11 is 16.1. The highest BCUT2D eigenvalue weighted by atomic mass is 35.6. The molecule has 0 spiro atoms. The van der Waals surface area contributed by atoms with E-state index in [1.165, 1.54) is 6.08 Å². The van der Waals surface area contributed by atoms with E-state index in [4.69, 9.17) is 34.8 Å². The molecule has 0 aliphatic rings. The number of carbonyl (C=O) groups excluding carboxylic acids is 1. The number of rotatable bonds is 6. The molecule has 0 rings (SSSR count). The number of aliphatic hydroxyl groups is 1. The fourth-order valence-corrected chi connectivity index (χ4v) is 1.10. The average Bonchev–Trinajstić information content (AvgIpc) is 2.31. The molecule has 2 nitrogen and oxygen atoms in total. The van der Waals surface area contributed by atoms with Crippen LogP contribution < -0.4 is 0 Å². The van der Waals surface area contributed by atoms with Gasteiger partial charge in [0.1, 0.15) is 5.76 Å². The number of carbonyl (C=O) groups is 1. The van der Waals surface area contributed by atoms with Crippen LogP contribution in [0, 0.1) is 5.92 Å². The Kier molecular flexibility index (Phi) is 8.90. The molecule has 0 aliphatic heterocycles. The molecule has 0 aliphatic carbocycles. The summed E-state index contributed by atoms with van der Waals surface area (Å²) in [6.07, 6.45) is 12.4. The first-order valence-corrected chi connectivity index (χ1v) is 6.94. The van der Waals surface area contributed by atoms with E-state index < -0.39 is 9.58 Å². The Balaban J connectivity index is 4.35. The second-order valence-corrected chi connectivity index (χ2v) is 6.23. The van der Waals surface area contributed by atoms with Gasteiger partial charge in [-0.2, -0.15) is 0 Å². The molecule has 106 valence electrons. The van der Waals surface area contributed by atoms with Crippen LogP contribution in [-0.2, 0) is 4.79 Å². The van der Waals surface area contributed by atoms with Crippen molar-refractivity contribution in [1.29, 1.82) is 0 Å². The number of hydrogen-bond donors (Lipinski definition) is 1. The smallest absolute Gasteiger partial charge is 0.252 e. The fraction of sp³-hybridized carbons (Fsp3) is 0.357. The summed E-state index contributed by atoms with van der Waals surface area (Å²) in [5, 5.41) is 9.39. The van der Waals surface area contributed by atoms with Gasteiger partial charge in [0, 0.05) is 6.08 Å². The van der Waals surface area contributed by atoms with Gasteiger partial charge in [-0.3, -0.25) is 4.79 Å². The van der Waals surface area contributed by atoms with Gasteiger partial charge in [-0.15, -0.1) is 0 Å². The maximum Gasteiger partial charge on any atom is 0.252 e. The van der Waals surface area contributed by atoms with Gasteiger partial charge in [-0.25, -0.2) is 0 Å². The van der Waals surface area contributed by atoms with E-state index in [9.17, 15) is 9.90 Å². The summed E-state index contributed by atoms with van der Waals surface area (Å²) in [5.74, 6) is -0.531. The van der Waals surface area contributed by atoms with Crippen molar-refractivity contribution in [1.82, 2.24) is 0 Å². The molecule has 0 heterocycles. The highest BCUT2D eigenvalue weighted by Crippen LogP contribution is 2.27. The van der Waals surface area contributed by atoms with E-state index in [1.54, 1.807) is 12.2 Å². The van der Waals surface area contributed by atoms with Crippen molar-refractivity contribution in [2.24, 2.45) is 5.92 Å². The van der Waals surface area contributed by atoms with Gasteiger partial charge in [0.25, 0.3) is 3.79 Å². The van der Waals surface area contributed by atoms with E-state index in [1.807, 2.05) is 12.2 Å². The van der Waals surface area contributed by atoms with Crippen LogP contribution in [-0.4, -0.2) is 14.7 Å². The van der Waals surface area contributed by atoms with Gasteiger partial charge < -0.3 is 5.11 Å². The molecule has 0 aromatic heterocycles. The third kappa shape index (κ3) is 9.83. The van der Waals surface area contributed by atoms with Gasteiger partial charge in [0.2, 0.25) is 5.78 Å². The van der Waals surface area contributed by atoms with E-state index in [0.29, 0.717) is 5.92 Å². The number of halogens is 3. The molecule has 0 aromatic rings. The summed E-state index contributed by atoms with van der Waals surface area (Å²) in [4.78, 5) is 11.2. The largest absolute Gasteiger partial charge is 0.508 e. The summed E-state index contributed by atoms with van der Waals surface area (Å²) in [6.45, 7) is 4.24. The lowest BCUT2D eigenvalue weighted by molar-refractivity contribution is -0.113. The van der Waals surface area contributed by atoms with Crippen molar-refractivity contribution < 1.29 is 9.90 Å². The Bertz CT molecular complexity index is 401. The number of alkyl halides is 3. The average molecular weight is 324 g/mol. The van der Waals surface area contributed by atoms with E-state index >= 15 is 0 Å². The maximum atomic E-state index is 11.2. The van der Waals surface area contributed by atoms with Gasteiger partial charge in [-0.05, 0) is 12.0 Å². The van der Waals surface area contributed by atoms with Crippen LogP contribution in [0.4, 0.5) is 0 Å². The molecule has 0 amide bonds. The number of allylic oxidation sites excluding steroid dienone is 7. The lowest BCUT2D eigenvalue weighted by Crippen LogP contribution is -2.16. The second kappa shape index (κ2) is 9.24. The van der Waals surface area contributed by atoms with Crippen molar-refractivity contribution in [3.8, 4) is 0 Å². The topological polar surface area (TPSA) is 37.3 Å². The van der Waals surface area contributed by atoms with Gasteiger partial charge in [-0.1, -0.05) is 85.5 Å². The van der Waals surface area contributed by atoms with Crippen molar-refractivity contribution in [2.75, 3.05) is 0 Å². The van der Waals surface area contributed by atoms with Crippen LogP contribution in [0.15, 0.2) is 48.3 Å². The monoisotopic (exact) mass is 322 g/mol. The van der Waals surface area contributed by atoms with Crippen molar-refractivity contribution in [3.05, 3.63) is 48.3 Å². The Labute approximate surface area is 129 Å². The molecule has 0 fully saturated rings. The molecule has 0 radical (unpaired) electrons. The standard InChI is InChI=1S/C14H17Cl3O2/c1-3-11(2)8-6-4-5-7-9-12(18)10-13(19)14(15,16)17/h4-11,18H,3H2,1-2H3. The minimum atomic E-state index is -2.04. The summed E-state index contributed by atoms with van der Waals surface area (Å²) in [6, 6.07) is 0. The lowest BCUT2D eigenvalue weighted by atomic mass is 10.1. The van der Waals surface area contributed by atoms with Crippen LogP contribution in [0.3, 0.4) is 0 Å². The number of hydrogen-bond acceptors (Lipinski definition) is 2. The van der Waals surface area contributed by atoms with Gasteiger partial charge in [0.05, 0.1) is 0 Å². The first kappa shape index (κ1) is 18.3. The Morgan fingerprint density at radius 2 is 1.79 bits per heavy atom. The second-order valence-electron chi connectivity index (χ2n) is 3.95. The van der Waals surface area contributed by atoms with Crippen molar-refractivity contribution in [3.63, 3.8) is 0 Å². The van der Waals surface area contributed by atoms with Crippen LogP contribution in [0.5, 0.6) is 0 Å². The molecular weight excluding hydrogens is 307 g/mol. The third-order valence-electron chi connectivity index (χ3n) is 2.24. The molecule has 0 saturated carbocycles. The first-order chi connectivity index (χ1) is 8.77. The highest BCUT2D eigenvalue weighted by Gasteiger charge is 2.28. The maximum absolute atomic E-state index is 11.2. The Morgan fingerprint density at radius 3 is 2.32 bits per heavy atom. The molecule has 1 N–H and O–H groups in total. The van der Waals surface area contributed by atoms with Crippen LogP contribution >= 0.6 is 34.8 Å². The molecule has 0 aromatic carbocycles. The molecule has 1 atom stereocenters. The summed E-state index contributed by atoms with van der Waals surface area (Å²) in [7, 11) is 0. The van der Waals surface area contributed by atoms with Crippen LogP contribution in [0.25, 0.3) is 0 Å². The van der Waals surface area contributed by atoms with E-state index in [-0.39, 0.29) is 5.76 Å². The predicted molar refractivity (Wildman–Crippen MR) is 82.9 cm³/mol. The van der Waals surface area contributed by atoms with Gasteiger partial charge >= 0.3 is 0 Å². The molecule has 19 heavy (non-hydrogen) atoms. The summed E-state index contributed by atoms with van der Waals surface area (Å²) in [5.41, 5.74) is 0. The Hall–Kier alpha value is -0.700. The lowest BCUT2D eigenvalue weighted by Gasteiger charge is -2.04. The highest BCUT2D eigenvalue weighted by molar-refractivity contribution is 6.77. The predicted octanol–water partition coefficient (Wildman–Crippen LogP) is 5.08. The van der Waals surface area contributed by atoms with Crippen LogP contribution in [0.2, 0.25) is 0 Å². The molecule has 0 saturated heterocycles. The zero-order valence-electron chi connectivity index (χ0n) is 10.8. The molecular formula is C14H17Cl3O2. The van der Waals surface area contributed by atoms with Gasteiger partial charge in [0.15, 0.2) is 0 Å². The van der Waals surface area contributed by atoms with Crippen LogP contribution in [0.1, 0.15) is 20.3 Å². The molecule has 0 bridgehead atoms. The Morgan fingerprint density at radius 1 is 1.21 bits per heavy atom. The molecule has 5 heteroatoms. The minimum absolute atomic E-state index is 0.271. The minimum Gasteiger partial charge on any atom is -0.508 e. The fourth-order valence-electron chi connectivity index (χ4n) is 0.937. The normalized spacial score (nSPS) is 15.7. The SMILES string of the molecule is CCC(C)C=CC=CC=CC(O)=CC(=O)C(Cl)(Cl)Cl. The number of ketones is 1. The first-order valence-electron chi connectivity index (χ1n) is 5.80. The third-order valence-corrected chi connectivity index (χ3v) is 2.80. The van der Waals surface area contributed by atoms with Crippen molar-refractivity contribution in [2.45, 2.75) is 24.1 Å². The summed E-state index contributed by atoms with van der Waals surface area (Å²) < 4.78 is -2.04. The number of aliphatic hydroxyl groups excluding tert-OH is 1.